The quantitative estimate of drug-likeness (QED) is 0.119. The van der Waals surface area contributed by atoms with E-state index in [1.807, 2.05) is 27.7 Å². The number of allylic oxidation sites excluding steroid dienone is 2. The molecule has 1 fully saturated rings. The fourth-order valence-corrected chi connectivity index (χ4v) is 4.34. The van der Waals surface area contributed by atoms with Crippen LogP contribution in [0.2, 0.25) is 0 Å². The second-order valence-corrected chi connectivity index (χ2v) is 12.5. The Balaban J connectivity index is 2.13. The summed E-state index contributed by atoms with van der Waals surface area (Å²) in [5.74, 6) is -1.44. The molecule has 0 aliphatic carbocycles. The third-order valence-corrected chi connectivity index (χ3v) is 7.07. The Morgan fingerprint density at radius 2 is 1.59 bits per heavy atom. The largest absolute Gasteiger partial charge is 0.466 e. The van der Waals surface area contributed by atoms with Crippen molar-refractivity contribution in [3.05, 3.63) is 12.2 Å². The van der Waals surface area contributed by atoms with Gasteiger partial charge in [0.05, 0.1) is 19.6 Å². The van der Waals surface area contributed by atoms with E-state index in [1.54, 1.807) is 13.8 Å². The highest BCUT2D eigenvalue weighted by Crippen LogP contribution is 2.34. The number of unbranched alkanes of at least 4 members (excludes halogenated alkanes) is 6. The van der Waals surface area contributed by atoms with Gasteiger partial charge in [-0.2, -0.15) is 0 Å². The van der Waals surface area contributed by atoms with Crippen LogP contribution in [0.25, 0.3) is 0 Å². The van der Waals surface area contributed by atoms with Crippen molar-refractivity contribution in [3.63, 3.8) is 0 Å². The number of hydrogen-bond acceptors (Lipinski definition) is 6. The van der Waals surface area contributed by atoms with Gasteiger partial charge in [0.2, 0.25) is 11.8 Å². The first kappa shape index (κ1) is 35.1. The van der Waals surface area contributed by atoms with Gasteiger partial charge < -0.3 is 24.8 Å². The van der Waals surface area contributed by atoms with Crippen LogP contribution in [0.1, 0.15) is 119 Å². The number of carbonyl (C=O) groups is 3. The van der Waals surface area contributed by atoms with Crippen LogP contribution in [0.4, 0.5) is 0 Å². The lowest BCUT2D eigenvalue weighted by molar-refractivity contribution is -0.304. The van der Waals surface area contributed by atoms with Gasteiger partial charge in [0.1, 0.15) is 6.10 Å². The summed E-state index contributed by atoms with van der Waals surface area (Å²) < 4.78 is 16.7. The summed E-state index contributed by atoms with van der Waals surface area (Å²) in [6.45, 7) is 14.8. The number of nitrogens with one attached hydrogen (secondary N) is 2. The molecule has 1 aliphatic heterocycles. The van der Waals surface area contributed by atoms with Crippen molar-refractivity contribution in [3.8, 4) is 0 Å². The van der Waals surface area contributed by atoms with Gasteiger partial charge in [0.15, 0.2) is 5.79 Å². The third-order valence-electron chi connectivity index (χ3n) is 7.07. The van der Waals surface area contributed by atoms with Gasteiger partial charge in [-0.15, -0.1) is 0 Å². The van der Waals surface area contributed by atoms with Crippen LogP contribution in [0.5, 0.6) is 0 Å². The minimum Gasteiger partial charge on any atom is -0.466 e. The van der Waals surface area contributed by atoms with Crippen molar-refractivity contribution >= 4 is 17.8 Å². The van der Waals surface area contributed by atoms with E-state index in [4.69, 9.17) is 14.2 Å². The van der Waals surface area contributed by atoms with Gasteiger partial charge in [-0.3, -0.25) is 14.4 Å². The predicted octanol–water partition coefficient (Wildman–Crippen LogP) is 5.83. The molecule has 1 heterocycles. The van der Waals surface area contributed by atoms with Crippen molar-refractivity contribution in [2.45, 2.75) is 131 Å². The van der Waals surface area contributed by atoms with Crippen LogP contribution in [0, 0.1) is 10.8 Å². The molecule has 2 amide bonds. The number of hydrogen-bond donors (Lipinski definition) is 2. The molecule has 2 N–H and O–H groups in total. The van der Waals surface area contributed by atoms with E-state index in [-0.39, 0.29) is 37.4 Å². The van der Waals surface area contributed by atoms with Gasteiger partial charge in [0, 0.05) is 23.9 Å². The zero-order valence-corrected chi connectivity index (χ0v) is 25.8. The molecule has 0 aromatic heterocycles. The van der Waals surface area contributed by atoms with Crippen LogP contribution in [0.15, 0.2) is 12.2 Å². The lowest BCUT2D eigenvalue weighted by atomic mass is 9.85. The van der Waals surface area contributed by atoms with E-state index < -0.39 is 22.7 Å². The molecule has 8 heteroatoms. The Morgan fingerprint density at radius 3 is 2.26 bits per heavy atom. The molecule has 0 aromatic rings. The van der Waals surface area contributed by atoms with Crippen molar-refractivity contribution in [2.24, 2.45) is 10.8 Å². The molecule has 0 radical (unpaired) electrons. The third kappa shape index (κ3) is 14.9. The predicted molar refractivity (Wildman–Crippen MR) is 155 cm³/mol. The number of esters is 1. The maximum absolute atomic E-state index is 12.6. The van der Waals surface area contributed by atoms with Gasteiger partial charge in [0.25, 0.3) is 0 Å². The Kier molecular flexibility index (Phi) is 15.9. The average Bonchev–Trinajstić information content (AvgIpc) is 2.86. The van der Waals surface area contributed by atoms with Gasteiger partial charge in [-0.25, -0.2) is 0 Å². The van der Waals surface area contributed by atoms with E-state index in [2.05, 4.69) is 29.7 Å². The average molecular weight is 553 g/mol. The van der Waals surface area contributed by atoms with Gasteiger partial charge >= 0.3 is 5.97 Å². The van der Waals surface area contributed by atoms with Crippen LogP contribution < -0.4 is 10.6 Å². The maximum Gasteiger partial charge on any atom is 0.307 e. The fraction of sp³-hybridized carbons (Fsp3) is 0.839. The summed E-state index contributed by atoms with van der Waals surface area (Å²) in [6.07, 6.45) is 14.9. The van der Waals surface area contributed by atoms with E-state index in [0.29, 0.717) is 19.6 Å². The summed E-state index contributed by atoms with van der Waals surface area (Å²) in [5.41, 5.74) is -0.888. The summed E-state index contributed by atoms with van der Waals surface area (Å²) in [4.78, 5) is 37.2. The highest BCUT2D eigenvalue weighted by molar-refractivity contribution is 5.82. The summed E-state index contributed by atoms with van der Waals surface area (Å²) in [7, 11) is 0. The zero-order chi connectivity index (χ0) is 29.4. The molecule has 1 saturated heterocycles. The van der Waals surface area contributed by atoms with Crippen LogP contribution >= 0.6 is 0 Å². The number of amides is 2. The molecule has 0 bridgehead atoms. The molecule has 1 rings (SSSR count). The molecule has 8 nitrogen and oxygen atoms in total. The van der Waals surface area contributed by atoms with Gasteiger partial charge in [-0.05, 0) is 52.4 Å². The van der Waals surface area contributed by atoms with Crippen molar-refractivity contribution in [2.75, 3.05) is 26.3 Å². The second-order valence-electron chi connectivity index (χ2n) is 12.5. The lowest BCUT2D eigenvalue weighted by Gasteiger charge is -2.44. The summed E-state index contributed by atoms with van der Waals surface area (Å²) >= 11 is 0. The fourth-order valence-electron chi connectivity index (χ4n) is 4.34. The van der Waals surface area contributed by atoms with Crippen LogP contribution in [-0.2, 0) is 28.6 Å². The molecule has 0 saturated carbocycles. The standard InChI is InChI=1S/C31H56N2O6/c1-8-9-10-11-12-13-14-15-16-17-20-29(2,3)28(36)33-21-18-23-37-25(34)19-22-32-27(35)26-30(4,5)24-38-31(6,7)39-26/h13-14,26H,8-12,15-24H2,1-7H3,(H,32,35)(H,33,36). The second kappa shape index (κ2) is 17.7. The molecule has 1 aliphatic rings. The van der Waals surface area contributed by atoms with Crippen molar-refractivity contribution in [1.29, 1.82) is 0 Å². The maximum atomic E-state index is 12.6. The van der Waals surface area contributed by atoms with Crippen molar-refractivity contribution in [1.82, 2.24) is 10.6 Å². The van der Waals surface area contributed by atoms with Crippen molar-refractivity contribution < 1.29 is 28.6 Å². The molecule has 226 valence electrons. The molecule has 0 aromatic carbocycles. The number of carbonyl (C=O) groups excluding carboxylic acids is 3. The van der Waals surface area contributed by atoms with E-state index in [1.165, 1.54) is 32.1 Å². The monoisotopic (exact) mass is 552 g/mol. The number of rotatable bonds is 19. The highest BCUT2D eigenvalue weighted by Gasteiger charge is 2.45. The number of ether oxygens (including phenoxy) is 3. The Morgan fingerprint density at radius 1 is 0.923 bits per heavy atom. The lowest BCUT2D eigenvalue weighted by Crippen LogP contribution is -2.56. The molecule has 0 spiro atoms. The Labute approximate surface area is 237 Å². The van der Waals surface area contributed by atoms with E-state index in [0.717, 1.165) is 25.7 Å². The molecular formula is C31H56N2O6. The first-order valence-electron chi connectivity index (χ1n) is 15.0. The first-order chi connectivity index (χ1) is 18.3. The summed E-state index contributed by atoms with van der Waals surface area (Å²) in [5, 5.41) is 5.73. The molecular weight excluding hydrogens is 496 g/mol. The molecule has 39 heavy (non-hydrogen) atoms. The van der Waals surface area contributed by atoms with Crippen LogP contribution in [-0.4, -0.2) is 56.0 Å². The molecule has 1 atom stereocenters. The van der Waals surface area contributed by atoms with E-state index >= 15 is 0 Å². The normalized spacial score (nSPS) is 18.6. The van der Waals surface area contributed by atoms with Gasteiger partial charge in [-0.1, -0.05) is 72.5 Å². The minimum absolute atomic E-state index is 0.0319. The molecule has 1 unspecified atom stereocenters. The Hall–Kier alpha value is -1.93. The first-order valence-corrected chi connectivity index (χ1v) is 15.0. The SMILES string of the molecule is CCCCCCC=CCCCCC(C)(C)C(=O)NCCCOC(=O)CCNC(=O)C1OC(C)(C)OCC1(C)C. The Bertz CT molecular complexity index is 775. The topological polar surface area (TPSA) is 103 Å². The van der Waals surface area contributed by atoms with E-state index in [9.17, 15) is 14.4 Å². The highest BCUT2D eigenvalue weighted by atomic mass is 16.7. The minimum atomic E-state index is -0.828. The zero-order valence-electron chi connectivity index (χ0n) is 25.8. The smallest absolute Gasteiger partial charge is 0.307 e. The summed E-state index contributed by atoms with van der Waals surface area (Å²) in [6, 6.07) is 0. The van der Waals surface area contributed by atoms with Crippen LogP contribution in [0.3, 0.4) is 0 Å².